The van der Waals surface area contributed by atoms with E-state index in [1.54, 1.807) is 0 Å². The average Bonchev–Trinajstić information content (AvgIpc) is 3.12. The standard InChI is InChI=1S/C18H24N4OS/c1-12-6-8-14(9-7-12)17-20-21-18(24)22(17)11-10-16(23)19-15-5-3-4-13(15)2/h6-9,13,15H,3-5,10-11H2,1-2H3,(H,19,23)(H,21,24)/t13-,15+/m1/s1. The van der Waals surface area contributed by atoms with E-state index in [0.29, 0.717) is 29.7 Å². The van der Waals surface area contributed by atoms with Crippen molar-refractivity contribution in [2.45, 2.75) is 52.1 Å². The molecule has 24 heavy (non-hydrogen) atoms. The summed E-state index contributed by atoms with van der Waals surface area (Å²) in [6.45, 7) is 4.79. The molecule has 3 rings (SSSR count). The monoisotopic (exact) mass is 344 g/mol. The van der Waals surface area contributed by atoms with Crippen LogP contribution in [-0.4, -0.2) is 26.7 Å². The summed E-state index contributed by atoms with van der Waals surface area (Å²) in [5.41, 5.74) is 2.20. The van der Waals surface area contributed by atoms with E-state index in [0.717, 1.165) is 17.8 Å². The third-order valence-electron chi connectivity index (χ3n) is 4.84. The van der Waals surface area contributed by atoms with Crippen molar-refractivity contribution in [2.75, 3.05) is 0 Å². The molecule has 5 nitrogen and oxygen atoms in total. The number of H-pyrrole nitrogens is 1. The Kier molecular flexibility index (Phi) is 5.14. The smallest absolute Gasteiger partial charge is 0.222 e. The highest BCUT2D eigenvalue weighted by Gasteiger charge is 2.24. The summed E-state index contributed by atoms with van der Waals surface area (Å²) in [5.74, 6) is 1.45. The van der Waals surface area contributed by atoms with Gasteiger partial charge in [0.15, 0.2) is 10.6 Å². The number of aryl methyl sites for hydroxylation is 1. The molecule has 2 aromatic rings. The number of carbonyl (C=O) groups is 1. The van der Waals surface area contributed by atoms with E-state index in [-0.39, 0.29) is 5.91 Å². The minimum Gasteiger partial charge on any atom is -0.353 e. The van der Waals surface area contributed by atoms with Gasteiger partial charge in [-0.05, 0) is 37.9 Å². The molecule has 2 N–H and O–H groups in total. The fraction of sp³-hybridized carbons (Fsp3) is 0.500. The normalized spacial score (nSPS) is 20.2. The van der Waals surface area contributed by atoms with Crippen molar-refractivity contribution >= 4 is 18.1 Å². The van der Waals surface area contributed by atoms with E-state index in [1.165, 1.54) is 18.4 Å². The van der Waals surface area contributed by atoms with Crippen LogP contribution in [0.2, 0.25) is 0 Å². The number of hydrogen-bond acceptors (Lipinski definition) is 3. The molecule has 0 radical (unpaired) electrons. The number of aromatic nitrogens is 3. The van der Waals surface area contributed by atoms with E-state index in [9.17, 15) is 4.79 Å². The van der Waals surface area contributed by atoms with Gasteiger partial charge >= 0.3 is 0 Å². The molecule has 1 aromatic heterocycles. The average molecular weight is 344 g/mol. The molecule has 128 valence electrons. The fourth-order valence-electron chi connectivity index (χ4n) is 3.30. The number of nitrogens with one attached hydrogen (secondary N) is 2. The molecule has 0 aliphatic heterocycles. The zero-order valence-electron chi connectivity index (χ0n) is 14.2. The third-order valence-corrected chi connectivity index (χ3v) is 5.15. The Morgan fingerprint density at radius 2 is 2.12 bits per heavy atom. The van der Waals surface area contributed by atoms with Gasteiger partial charge in [-0.15, -0.1) is 0 Å². The molecule has 1 aliphatic carbocycles. The van der Waals surface area contributed by atoms with Crippen molar-refractivity contribution in [3.05, 3.63) is 34.6 Å². The lowest BCUT2D eigenvalue weighted by molar-refractivity contribution is -0.122. The number of carbonyl (C=O) groups excluding carboxylic acids is 1. The molecule has 1 aliphatic rings. The maximum atomic E-state index is 12.3. The maximum absolute atomic E-state index is 12.3. The lowest BCUT2D eigenvalue weighted by atomic mass is 10.1. The van der Waals surface area contributed by atoms with Gasteiger partial charge in [0.05, 0.1) is 0 Å². The summed E-state index contributed by atoms with van der Waals surface area (Å²) < 4.78 is 2.45. The van der Waals surface area contributed by atoms with Gasteiger partial charge in [0, 0.05) is 24.6 Å². The topological polar surface area (TPSA) is 62.7 Å². The molecular weight excluding hydrogens is 320 g/mol. The van der Waals surface area contributed by atoms with Crippen molar-refractivity contribution in [3.8, 4) is 11.4 Å². The van der Waals surface area contributed by atoms with Gasteiger partial charge < -0.3 is 5.32 Å². The molecule has 0 spiro atoms. The number of aromatic amines is 1. The molecule has 1 aromatic carbocycles. The second kappa shape index (κ2) is 7.30. The molecule has 0 unspecified atom stereocenters. The number of nitrogens with zero attached hydrogens (tertiary/aromatic N) is 2. The van der Waals surface area contributed by atoms with Crippen LogP contribution in [-0.2, 0) is 11.3 Å². The molecule has 1 heterocycles. The number of rotatable bonds is 5. The van der Waals surface area contributed by atoms with Crippen molar-refractivity contribution in [2.24, 2.45) is 5.92 Å². The van der Waals surface area contributed by atoms with Gasteiger partial charge in [0.25, 0.3) is 0 Å². The first kappa shape index (κ1) is 16.9. The van der Waals surface area contributed by atoms with Crippen LogP contribution in [0.15, 0.2) is 24.3 Å². The Balaban J connectivity index is 1.67. The first-order valence-corrected chi connectivity index (χ1v) is 8.97. The summed E-state index contributed by atoms with van der Waals surface area (Å²) in [5, 5.41) is 10.3. The molecule has 0 bridgehead atoms. The second-order valence-corrected chi connectivity index (χ2v) is 7.09. The second-order valence-electron chi connectivity index (χ2n) is 6.70. The van der Waals surface area contributed by atoms with Crippen molar-refractivity contribution < 1.29 is 4.79 Å². The van der Waals surface area contributed by atoms with Crippen LogP contribution in [0.1, 0.15) is 38.2 Å². The maximum Gasteiger partial charge on any atom is 0.222 e. The summed E-state index contributed by atoms with van der Waals surface area (Å²) in [6.07, 6.45) is 3.91. The van der Waals surface area contributed by atoms with Gasteiger partial charge in [0.1, 0.15) is 0 Å². The number of benzene rings is 1. The van der Waals surface area contributed by atoms with Gasteiger partial charge in [0.2, 0.25) is 5.91 Å². The summed E-state index contributed by atoms with van der Waals surface area (Å²) in [6, 6.07) is 8.47. The first-order chi connectivity index (χ1) is 11.5. The van der Waals surface area contributed by atoms with E-state index in [1.807, 2.05) is 28.8 Å². The fourth-order valence-corrected chi connectivity index (χ4v) is 3.52. The molecule has 0 saturated heterocycles. The SMILES string of the molecule is Cc1ccc(-c2n[nH]c(=S)n2CCC(=O)N[C@H]2CCC[C@H]2C)cc1. The minimum absolute atomic E-state index is 0.0895. The van der Waals surface area contributed by atoms with E-state index in [2.05, 4.69) is 29.4 Å². The highest BCUT2D eigenvalue weighted by molar-refractivity contribution is 7.71. The Morgan fingerprint density at radius 3 is 2.79 bits per heavy atom. The Labute approximate surface area is 147 Å². The molecule has 1 amide bonds. The van der Waals surface area contributed by atoms with E-state index in [4.69, 9.17) is 12.2 Å². The molecule has 1 fully saturated rings. The van der Waals surface area contributed by atoms with E-state index < -0.39 is 0 Å². The number of hydrogen-bond donors (Lipinski definition) is 2. The predicted octanol–water partition coefficient (Wildman–Crippen LogP) is 3.61. The largest absolute Gasteiger partial charge is 0.353 e. The Morgan fingerprint density at radius 1 is 1.38 bits per heavy atom. The van der Waals surface area contributed by atoms with Gasteiger partial charge in [-0.3, -0.25) is 14.5 Å². The first-order valence-electron chi connectivity index (χ1n) is 8.56. The molecule has 2 atom stereocenters. The minimum atomic E-state index is 0.0895. The van der Waals surface area contributed by atoms with Crippen LogP contribution >= 0.6 is 12.2 Å². The molecule has 1 saturated carbocycles. The summed E-state index contributed by atoms with van der Waals surface area (Å²) in [7, 11) is 0. The van der Waals surface area contributed by atoms with E-state index >= 15 is 0 Å². The van der Waals surface area contributed by atoms with Crippen molar-refractivity contribution in [3.63, 3.8) is 0 Å². The van der Waals surface area contributed by atoms with Gasteiger partial charge in [-0.2, -0.15) is 5.10 Å². The summed E-state index contributed by atoms with van der Waals surface area (Å²) in [4.78, 5) is 12.3. The van der Waals surface area contributed by atoms with Crippen LogP contribution in [0.3, 0.4) is 0 Å². The van der Waals surface area contributed by atoms with Crippen molar-refractivity contribution in [1.29, 1.82) is 0 Å². The number of amides is 1. The highest BCUT2D eigenvalue weighted by Crippen LogP contribution is 2.25. The van der Waals surface area contributed by atoms with Crippen molar-refractivity contribution in [1.82, 2.24) is 20.1 Å². The van der Waals surface area contributed by atoms with Gasteiger partial charge in [-0.1, -0.05) is 43.2 Å². The zero-order chi connectivity index (χ0) is 17.1. The van der Waals surface area contributed by atoms with Crippen LogP contribution < -0.4 is 5.32 Å². The van der Waals surface area contributed by atoms with Gasteiger partial charge in [-0.25, -0.2) is 0 Å². The quantitative estimate of drug-likeness (QED) is 0.815. The lowest BCUT2D eigenvalue weighted by Crippen LogP contribution is -2.36. The Hall–Kier alpha value is -1.95. The lowest BCUT2D eigenvalue weighted by Gasteiger charge is -2.17. The molecule has 6 heteroatoms. The van der Waals surface area contributed by atoms with Crippen LogP contribution in [0.5, 0.6) is 0 Å². The summed E-state index contributed by atoms with van der Waals surface area (Å²) >= 11 is 5.33. The highest BCUT2D eigenvalue weighted by atomic mass is 32.1. The third kappa shape index (κ3) is 3.75. The molecular formula is C18H24N4OS. The zero-order valence-corrected chi connectivity index (χ0v) is 15.0. The van der Waals surface area contributed by atoms with Crippen LogP contribution in [0, 0.1) is 17.6 Å². The van der Waals surface area contributed by atoms with Crippen LogP contribution in [0.4, 0.5) is 0 Å². The predicted molar refractivity (Wildman–Crippen MR) is 97.1 cm³/mol. The Bertz CT molecular complexity index is 762. The van der Waals surface area contributed by atoms with Crippen LogP contribution in [0.25, 0.3) is 11.4 Å².